The normalized spacial score (nSPS) is 11.8. The van der Waals surface area contributed by atoms with E-state index in [0.29, 0.717) is 0 Å². The van der Waals surface area contributed by atoms with E-state index in [9.17, 15) is 9.90 Å². The highest BCUT2D eigenvalue weighted by Gasteiger charge is 2.20. The van der Waals surface area contributed by atoms with Gasteiger partial charge >= 0.3 is 0 Å². The average molecular weight is 209 g/mol. The Morgan fingerprint density at radius 1 is 1.40 bits per heavy atom. The summed E-state index contributed by atoms with van der Waals surface area (Å²) < 4.78 is 1.75. The zero-order valence-electron chi connectivity index (χ0n) is 10.1. The molecular weight excluding hydrogens is 190 g/mol. The van der Waals surface area contributed by atoms with Crippen LogP contribution in [-0.2, 0) is 12.0 Å². The van der Waals surface area contributed by atoms with Crippen LogP contribution in [0, 0.1) is 6.92 Å². The molecule has 0 unspecified atom stereocenters. The van der Waals surface area contributed by atoms with Gasteiger partial charge in [0.15, 0.2) is 0 Å². The number of hydrogen-bond acceptors (Lipinski definition) is 2. The summed E-state index contributed by atoms with van der Waals surface area (Å²) >= 11 is 0. The van der Waals surface area contributed by atoms with Gasteiger partial charge in [-0.1, -0.05) is 6.92 Å². The second-order valence-electron chi connectivity index (χ2n) is 4.80. The quantitative estimate of drug-likeness (QED) is 0.770. The predicted molar refractivity (Wildman–Crippen MR) is 61.5 cm³/mol. The van der Waals surface area contributed by atoms with Crippen molar-refractivity contribution in [3.8, 4) is 5.75 Å². The summed E-state index contributed by atoms with van der Waals surface area (Å²) in [6.07, 6.45) is 0.743. The zero-order chi connectivity index (χ0) is 11.8. The Morgan fingerprint density at radius 3 is 2.33 bits per heavy atom. The van der Waals surface area contributed by atoms with Crippen LogP contribution in [-0.4, -0.2) is 9.67 Å². The van der Waals surface area contributed by atoms with E-state index < -0.39 is 0 Å². The van der Waals surface area contributed by atoms with E-state index in [0.717, 1.165) is 17.7 Å². The molecule has 0 aliphatic carbocycles. The van der Waals surface area contributed by atoms with Gasteiger partial charge in [0.05, 0.1) is 0 Å². The fourth-order valence-corrected chi connectivity index (χ4v) is 1.90. The highest BCUT2D eigenvalue weighted by molar-refractivity contribution is 5.34. The third-order valence-corrected chi connectivity index (χ3v) is 2.57. The summed E-state index contributed by atoms with van der Waals surface area (Å²) in [5.74, 6) is 0.0948. The average Bonchev–Trinajstić information content (AvgIpc) is 2.08. The van der Waals surface area contributed by atoms with Gasteiger partial charge in [-0.25, -0.2) is 0 Å². The summed E-state index contributed by atoms with van der Waals surface area (Å²) in [7, 11) is 0. The lowest BCUT2D eigenvalue weighted by molar-refractivity contribution is 0.365. The van der Waals surface area contributed by atoms with E-state index in [1.54, 1.807) is 4.57 Å². The van der Waals surface area contributed by atoms with E-state index in [1.165, 1.54) is 6.07 Å². The Morgan fingerprint density at radius 2 is 1.93 bits per heavy atom. The Kier molecular flexibility index (Phi) is 2.93. The molecule has 0 bridgehead atoms. The van der Waals surface area contributed by atoms with Crippen molar-refractivity contribution in [1.29, 1.82) is 0 Å². The monoisotopic (exact) mass is 209 g/mol. The third kappa shape index (κ3) is 2.06. The maximum absolute atomic E-state index is 11.8. The number of rotatable bonds is 1. The minimum atomic E-state index is -0.249. The van der Waals surface area contributed by atoms with Crippen LogP contribution in [0.1, 0.15) is 39.0 Å². The number of aromatic nitrogens is 1. The van der Waals surface area contributed by atoms with Crippen LogP contribution >= 0.6 is 0 Å². The molecular formula is C12H19NO2. The SMILES string of the molecule is CCc1c(C)c(O)cc(=O)n1C(C)(C)C. The Labute approximate surface area is 90.4 Å². The van der Waals surface area contributed by atoms with E-state index in [-0.39, 0.29) is 16.8 Å². The van der Waals surface area contributed by atoms with E-state index in [1.807, 2.05) is 34.6 Å². The van der Waals surface area contributed by atoms with Crippen molar-refractivity contribution in [1.82, 2.24) is 4.57 Å². The second-order valence-corrected chi connectivity index (χ2v) is 4.80. The summed E-state index contributed by atoms with van der Waals surface area (Å²) in [5, 5.41) is 9.59. The van der Waals surface area contributed by atoms with Gasteiger partial charge in [-0.05, 0) is 34.1 Å². The number of aromatic hydroxyl groups is 1. The lowest BCUT2D eigenvalue weighted by Crippen LogP contribution is -2.36. The molecule has 1 rings (SSSR count). The number of nitrogens with zero attached hydrogens (tertiary/aromatic N) is 1. The van der Waals surface area contributed by atoms with Gasteiger partial charge in [0.1, 0.15) is 5.75 Å². The van der Waals surface area contributed by atoms with Gasteiger partial charge in [-0.2, -0.15) is 0 Å². The van der Waals surface area contributed by atoms with Gasteiger partial charge in [-0.15, -0.1) is 0 Å². The molecule has 0 saturated heterocycles. The molecule has 0 atom stereocenters. The van der Waals surface area contributed by atoms with Gasteiger partial charge in [0.25, 0.3) is 5.56 Å². The molecule has 84 valence electrons. The summed E-state index contributed by atoms with van der Waals surface area (Å²) in [4.78, 5) is 11.8. The van der Waals surface area contributed by atoms with E-state index in [2.05, 4.69) is 0 Å². The number of hydrogen-bond donors (Lipinski definition) is 1. The van der Waals surface area contributed by atoms with Crippen LogP contribution in [0.15, 0.2) is 10.9 Å². The molecule has 1 N–H and O–H groups in total. The Hall–Kier alpha value is -1.25. The van der Waals surface area contributed by atoms with Gasteiger partial charge in [0, 0.05) is 22.9 Å². The van der Waals surface area contributed by atoms with E-state index >= 15 is 0 Å². The van der Waals surface area contributed by atoms with Gasteiger partial charge in [0.2, 0.25) is 0 Å². The van der Waals surface area contributed by atoms with E-state index in [4.69, 9.17) is 0 Å². The highest BCUT2D eigenvalue weighted by Crippen LogP contribution is 2.22. The minimum Gasteiger partial charge on any atom is -0.507 e. The smallest absolute Gasteiger partial charge is 0.254 e. The van der Waals surface area contributed by atoms with Crippen LogP contribution in [0.5, 0.6) is 5.75 Å². The van der Waals surface area contributed by atoms with Gasteiger partial charge in [-0.3, -0.25) is 4.79 Å². The molecule has 1 aromatic heterocycles. The largest absolute Gasteiger partial charge is 0.507 e. The lowest BCUT2D eigenvalue weighted by Gasteiger charge is -2.27. The second kappa shape index (κ2) is 3.72. The van der Waals surface area contributed by atoms with Crippen LogP contribution in [0.25, 0.3) is 0 Å². The molecule has 0 spiro atoms. The first-order valence-electron chi connectivity index (χ1n) is 5.24. The predicted octanol–water partition coefficient (Wildman–Crippen LogP) is 2.18. The first-order valence-corrected chi connectivity index (χ1v) is 5.24. The topological polar surface area (TPSA) is 42.2 Å². The molecule has 0 amide bonds. The maximum atomic E-state index is 11.8. The van der Waals surface area contributed by atoms with Crippen molar-refractivity contribution in [2.24, 2.45) is 0 Å². The van der Waals surface area contributed by atoms with Crippen LogP contribution in [0.4, 0.5) is 0 Å². The maximum Gasteiger partial charge on any atom is 0.254 e. The van der Waals surface area contributed by atoms with Crippen molar-refractivity contribution in [2.45, 2.75) is 46.6 Å². The molecule has 0 radical (unpaired) electrons. The van der Waals surface area contributed by atoms with Crippen LogP contribution in [0.3, 0.4) is 0 Å². The number of pyridine rings is 1. The van der Waals surface area contributed by atoms with Crippen LogP contribution in [0.2, 0.25) is 0 Å². The molecule has 0 saturated carbocycles. The molecule has 3 nitrogen and oxygen atoms in total. The lowest BCUT2D eigenvalue weighted by atomic mass is 10.0. The van der Waals surface area contributed by atoms with Crippen molar-refractivity contribution in [3.05, 3.63) is 27.7 Å². The molecule has 0 aliphatic heterocycles. The fraction of sp³-hybridized carbons (Fsp3) is 0.583. The Bertz CT molecular complexity index is 424. The molecule has 0 aromatic carbocycles. The molecule has 15 heavy (non-hydrogen) atoms. The zero-order valence-corrected chi connectivity index (χ0v) is 10.1. The minimum absolute atomic E-state index is 0.0948. The van der Waals surface area contributed by atoms with Crippen LogP contribution < -0.4 is 5.56 Å². The van der Waals surface area contributed by atoms with Gasteiger partial charge < -0.3 is 9.67 Å². The molecule has 0 aliphatic rings. The van der Waals surface area contributed by atoms with Crippen molar-refractivity contribution in [3.63, 3.8) is 0 Å². The first-order chi connectivity index (χ1) is 6.79. The summed E-state index contributed by atoms with van der Waals surface area (Å²) in [6, 6.07) is 1.29. The fourth-order valence-electron chi connectivity index (χ4n) is 1.90. The Balaban J connectivity index is 3.65. The summed E-state index contributed by atoms with van der Waals surface area (Å²) in [5.41, 5.74) is 1.32. The molecule has 3 heteroatoms. The first kappa shape index (κ1) is 11.8. The molecule has 1 aromatic rings. The van der Waals surface area contributed by atoms with Crippen molar-refractivity contribution >= 4 is 0 Å². The summed E-state index contributed by atoms with van der Waals surface area (Å²) in [6.45, 7) is 9.80. The molecule has 0 fully saturated rings. The third-order valence-electron chi connectivity index (χ3n) is 2.57. The highest BCUT2D eigenvalue weighted by atomic mass is 16.3. The standard InChI is InChI=1S/C12H19NO2/c1-6-9-8(2)10(14)7-11(15)13(9)12(3,4)5/h7,14H,6H2,1-5H3. The molecule has 1 heterocycles. The van der Waals surface area contributed by atoms with Crippen molar-refractivity contribution in [2.75, 3.05) is 0 Å². The van der Waals surface area contributed by atoms with Crippen molar-refractivity contribution < 1.29 is 5.11 Å².